The summed E-state index contributed by atoms with van der Waals surface area (Å²) in [6.07, 6.45) is 32.1. The zero-order valence-electron chi connectivity index (χ0n) is 32.2. The molecule has 1 saturated heterocycles. The van der Waals surface area contributed by atoms with Crippen molar-refractivity contribution in [2.45, 2.75) is 230 Å². The first-order chi connectivity index (χ1) is 24.3. The SMILES string of the molecule is CCCCCCCCCCCCCCCCCCCCCCCCCCCC/C=C/C(O)C(COC1OC(CO)C(O)C(O)C1O)NC(C)=O. The van der Waals surface area contributed by atoms with E-state index in [2.05, 4.69) is 12.2 Å². The number of aliphatic hydroxyl groups excluding tert-OH is 5. The van der Waals surface area contributed by atoms with Crippen molar-refractivity contribution in [3.8, 4) is 0 Å². The Labute approximate surface area is 306 Å². The summed E-state index contributed by atoms with van der Waals surface area (Å²) in [5, 5.41) is 52.6. The number of hydrogen-bond acceptors (Lipinski definition) is 8. The quantitative estimate of drug-likeness (QED) is 0.0293. The lowest BCUT2D eigenvalue weighted by Crippen LogP contribution is -2.60. The molecule has 0 aromatic carbocycles. The summed E-state index contributed by atoms with van der Waals surface area (Å²) in [6, 6.07) is -0.801. The fourth-order valence-corrected chi connectivity index (χ4v) is 6.84. The topological polar surface area (TPSA) is 149 Å². The average molecular weight is 714 g/mol. The first kappa shape index (κ1) is 47.0. The van der Waals surface area contributed by atoms with Crippen LogP contribution in [0.4, 0.5) is 0 Å². The molecular formula is C41H79NO8. The number of nitrogens with one attached hydrogen (secondary N) is 1. The molecule has 6 N–H and O–H groups in total. The highest BCUT2D eigenvalue weighted by molar-refractivity contribution is 5.73. The summed E-state index contributed by atoms with van der Waals surface area (Å²) >= 11 is 0. The Morgan fingerprint density at radius 3 is 1.44 bits per heavy atom. The maximum Gasteiger partial charge on any atom is 0.217 e. The second-order valence-electron chi connectivity index (χ2n) is 14.9. The van der Waals surface area contributed by atoms with Crippen molar-refractivity contribution in [1.82, 2.24) is 5.32 Å². The molecule has 9 nitrogen and oxygen atoms in total. The molecule has 1 heterocycles. The Balaban J connectivity index is 1.94. The Bertz CT molecular complexity index is 797. The number of allylic oxidation sites excluding steroid dienone is 1. The Hall–Kier alpha value is -1.07. The van der Waals surface area contributed by atoms with E-state index in [0.717, 1.165) is 19.3 Å². The number of amides is 1. The van der Waals surface area contributed by atoms with E-state index in [4.69, 9.17) is 9.47 Å². The van der Waals surface area contributed by atoms with Crippen LogP contribution in [0, 0.1) is 0 Å². The number of carbonyl (C=O) groups is 1. The number of aliphatic hydroxyl groups is 5. The third-order valence-electron chi connectivity index (χ3n) is 10.1. The van der Waals surface area contributed by atoms with Crippen LogP contribution in [0.15, 0.2) is 12.2 Å². The van der Waals surface area contributed by atoms with Crippen LogP contribution in [0.25, 0.3) is 0 Å². The van der Waals surface area contributed by atoms with E-state index in [-0.39, 0.29) is 12.5 Å². The number of ether oxygens (including phenoxy) is 2. The van der Waals surface area contributed by atoms with Gasteiger partial charge in [-0.1, -0.05) is 180 Å². The van der Waals surface area contributed by atoms with Gasteiger partial charge in [-0.05, 0) is 12.8 Å². The lowest BCUT2D eigenvalue weighted by Gasteiger charge is -2.40. The molecule has 1 aliphatic rings. The summed E-state index contributed by atoms with van der Waals surface area (Å²) in [6.45, 7) is 2.86. The normalized spacial score (nSPS) is 22.3. The van der Waals surface area contributed by atoms with Gasteiger partial charge >= 0.3 is 0 Å². The standard InChI is InChI=1S/C41H79NO8/c1-3-4-5-6-7-8-9-10-11-12-13-14-15-16-17-18-19-20-21-22-23-24-25-26-27-28-29-30-31-36(45)35(42-34(2)44)33-49-41-40(48)39(47)38(46)37(32-43)50-41/h30-31,35-41,43,45-48H,3-29,32-33H2,1-2H3,(H,42,44)/b31-30+. The van der Waals surface area contributed by atoms with Crippen LogP contribution in [-0.4, -0.2) is 87.5 Å². The molecule has 50 heavy (non-hydrogen) atoms. The molecule has 0 aromatic rings. The highest BCUT2D eigenvalue weighted by Gasteiger charge is 2.44. The molecule has 1 rings (SSSR count). The molecule has 7 unspecified atom stereocenters. The maximum absolute atomic E-state index is 11.7. The maximum atomic E-state index is 11.7. The van der Waals surface area contributed by atoms with Crippen LogP contribution >= 0.6 is 0 Å². The van der Waals surface area contributed by atoms with Gasteiger partial charge in [0.2, 0.25) is 5.91 Å². The van der Waals surface area contributed by atoms with Gasteiger partial charge in [0.25, 0.3) is 0 Å². The van der Waals surface area contributed by atoms with Crippen molar-refractivity contribution in [2.75, 3.05) is 13.2 Å². The number of unbranched alkanes of at least 4 members (excludes halogenated alkanes) is 26. The second kappa shape index (κ2) is 32.6. The van der Waals surface area contributed by atoms with Gasteiger partial charge in [0, 0.05) is 6.92 Å². The fourth-order valence-electron chi connectivity index (χ4n) is 6.84. The second-order valence-corrected chi connectivity index (χ2v) is 14.9. The highest BCUT2D eigenvalue weighted by atomic mass is 16.7. The van der Waals surface area contributed by atoms with Crippen LogP contribution in [-0.2, 0) is 14.3 Å². The zero-order valence-corrected chi connectivity index (χ0v) is 32.2. The summed E-state index contributed by atoms with van der Waals surface area (Å²) < 4.78 is 10.9. The third-order valence-corrected chi connectivity index (χ3v) is 10.1. The van der Waals surface area contributed by atoms with Gasteiger partial charge in [-0.2, -0.15) is 0 Å². The van der Waals surface area contributed by atoms with Crippen LogP contribution in [0.5, 0.6) is 0 Å². The van der Waals surface area contributed by atoms with Gasteiger partial charge in [0.05, 0.1) is 25.4 Å². The summed E-state index contributed by atoms with van der Waals surface area (Å²) in [7, 11) is 0. The smallest absolute Gasteiger partial charge is 0.217 e. The molecule has 0 aliphatic carbocycles. The molecule has 9 heteroatoms. The Kier molecular flexibility index (Phi) is 30.6. The molecule has 0 bridgehead atoms. The van der Waals surface area contributed by atoms with E-state index in [9.17, 15) is 30.3 Å². The summed E-state index contributed by atoms with van der Waals surface area (Å²) in [5.41, 5.74) is 0. The number of carbonyl (C=O) groups excluding carboxylic acids is 1. The first-order valence-corrected chi connectivity index (χ1v) is 20.9. The summed E-state index contributed by atoms with van der Waals surface area (Å²) in [5.74, 6) is -0.352. The fraction of sp³-hybridized carbons (Fsp3) is 0.927. The van der Waals surface area contributed by atoms with Gasteiger partial charge in [-0.25, -0.2) is 0 Å². The third kappa shape index (κ3) is 24.2. The molecule has 1 fully saturated rings. The Morgan fingerprint density at radius 1 is 0.660 bits per heavy atom. The highest BCUT2D eigenvalue weighted by Crippen LogP contribution is 2.22. The molecule has 1 amide bonds. The predicted molar refractivity (Wildman–Crippen MR) is 203 cm³/mol. The molecule has 7 atom stereocenters. The first-order valence-electron chi connectivity index (χ1n) is 20.9. The monoisotopic (exact) mass is 714 g/mol. The van der Waals surface area contributed by atoms with Crippen LogP contribution in [0.2, 0.25) is 0 Å². The van der Waals surface area contributed by atoms with E-state index >= 15 is 0 Å². The minimum absolute atomic E-state index is 0.201. The van der Waals surface area contributed by atoms with Crippen molar-refractivity contribution in [3.63, 3.8) is 0 Å². The van der Waals surface area contributed by atoms with Crippen molar-refractivity contribution in [2.24, 2.45) is 0 Å². The minimum Gasteiger partial charge on any atom is -0.394 e. The van der Waals surface area contributed by atoms with Crippen molar-refractivity contribution in [1.29, 1.82) is 0 Å². The van der Waals surface area contributed by atoms with Gasteiger partial charge in [0.15, 0.2) is 6.29 Å². The van der Waals surface area contributed by atoms with Crippen molar-refractivity contribution >= 4 is 5.91 Å². The average Bonchev–Trinajstić information content (AvgIpc) is 3.10. The minimum atomic E-state index is -1.56. The van der Waals surface area contributed by atoms with Crippen LogP contribution < -0.4 is 5.32 Å². The largest absolute Gasteiger partial charge is 0.394 e. The molecule has 0 radical (unpaired) electrons. The van der Waals surface area contributed by atoms with Gasteiger partial charge in [-0.3, -0.25) is 4.79 Å². The lowest BCUT2D eigenvalue weighted by molar-refractivity contribution is -0.302. The summed E-state index contributed by atoms with van der Waals surface area (Å²) in [4.78, 5) is 11.7. The molecule has 1 aliphatic heterocycles. The van der Waals surface area contributed by atoms with E-state index in [0.29, 0.717) is 0 Å². The Morgan fingerprint density at radius 2 is 1.06 bits per heavy atom. The van der Waals surface area contributed by atoms with Crippen LogP contribution in [0.1, 0.15) is 187 Å². The van der Waals surface area contributed by atoms with E-state index in [1.165, 1.54) is 161 Å². The molecular weight excluding hydrogens is 634 g/mol. The molecule has 296 valence electrons. The molecule has 0 saturated carbocycles. The van der Waals surface area contributed by atoms with Gasteiger partial charge in [0.1, 0.15) is 24.4 Å². The van der Waals surface area contributed by atoms with Crippen molar-refractivity contribution < 1.29 is 39.8 Å². The predicted octanol–water partition coefficient (Wildman–Crippen LogP) is 7.78. The van der Waals surface area contributed by atoms with E-state index in [1.54, 1.807) is 6.08 Å². The van der Waals surface area contributed by atoms with E-state index < -0.39 is 49.5 Å². The van der Waals surface area contributed by atoms with Gasteiger partial charge in [-0.15, -0.1) is 0 Å². The molecule has 0 spiro atoms. The number of hydrogen-bond donors (Lipinski definition) is 6. The van der Waals surface area contributed by atoms with E-state index in [1.807, 2.05) is 6.08 Å². The molecule has 0 aromatic heterocycles. The van der Waals surface area contributed by atoms with Crippen LogP contribution in [0.3, 0.4) is 0 Å². The number of rotatable bonds is 34. The van der Waals surface area contributed by atoms with Gasteiger partial charge < -0.3 is 40.3 Å². The zero-order chi connectivity index (χ0) is 36.7. The lowest BCUT2D eigenvalue weighted by atomic mass is 9.99. The van der Waals surface area contributed by atoms with Crippen molar-refractivity contribution in [3.05, 3.63) is 12.2 Å².